The van der Waals surface area contributed by atoms with E-state index in [2.05, 4.69) is 106 Å². The van der Waals surface area contributed by atoms with Crippen LogP contribution in [0.25, 0.3) is 89.3 Å². The summed E-state index contributed by atoms with van der Waals surface area (Å²) in [5.41, 5.74) is 10.4. The average molecular weight is 641 g/mol. The Morgan fingerprint density at radius 2 is 1.04 bits per heavy atom. The lowest BCUT2D eigenvalue weighted by atomic mass is 9.98. The highest BCUT2D eigenvalue weighted by Crippen LogP contribution is 2.40. The van der Waals surface area contributed by atoms with E-state index in [0.29, 0.717) is 17.6 Å². The van der Waals surface area contributed by atoms with Gasteiger partial charge in [-0.2, -0.15) is 9.97 Å². The van der Waals surface area contributed by atoms with Crippen LogP contribution in [0.1, 0.15) is 0 Å². The Hall–Kier alpha value is -6.92. The first-order chi connectivity index (χ1) is 24.8. The van der Waals surface area contributed by atoms with Gasteiger partial charge in [0.15, 0.2) is 11.6 Å². The van der Waals surface area contributed by atoms with Crippen molar-refractivity contribution < 1.29 is 0 Å². The predicted octanol–water partition coefficient (Wildman–Crippen LogP) is 10.5. The van der Waals surface area contributed by atoms with E-state index < -0.39 is 0 Å². The van der Waals surface area contributed by atoms with Crippen molar-refractivity contribution in [3.8, 4) is 45.5 Å². The fourth-order valence-electron chi connectivity index (χ4n) is 7.23. The zero-order chi connectivity index (χ0) is 33.0. The number of fused-ring (bicyclic) bond motifs is 6. The van der Waals surface area contributed by atoms with Gasteiger partial charge >= 0.3 is 0 Å². The van der Waals surface area contributed by atoms with Gasteiger partial charge in [-0.3, -0.25) is 9.55 Å². The van der Waals surface area contributed by atoms with Gasteiger partial charge in [-0.05, 0) is 59.7 Å². The Kier molecular flexibility index (Phi) is 6.39. The average Bonchev–Trinajstić information content (AvgIpc) is 3.71. The first-order valence-electron chi connectivity index (χ1n) is 16.7. The molecule has 0 atom stereocenters. The fourth-order valence-corrected chi connectivity index (χ4v) is 7.23. The highest BCUT2D eigenvalue weighted by Gasteiger charge is 2.21. The molecule has 0 aliphatic rings. The minimum atomic E-state index is 0.543. The molecule has 0 unspecified atom stereocenters. The van der Waals surface area contributed by atoms with Crippen molar-refractivity contribution in [2.75, 3.05) is 0 Å². The molecule has 0 saturated heterocycles. The summed E-state index contributed by atoms with van der Waals surface area (Å²) in [7, 11) is 0. The van der Waals surface area contributed by atoms with E-state index in [4.69, 9.17) is 19.9 Å². The standard InChI is InChI=1S/C44H28N6/c1-4-14-29(15-5-1)42-46-43(30-16-6-2-7-17-30)48-44(47-42)50-38-24-13-27-45-41(38)35-26-25-31(28-39(35)50)33-21-12-23-37-40(33)34-20-10-11-22-36(34)49(37)32-18-8-3-9-19-32/h1-28H. The normalized spacial score (nSPS) is 11.6. The van der Waals surface area contributed by atoms with Gasteiger partial charge < -0.3 is 4.57 Å². The Balaban J connectivity index is 1.25. The third-order valence-corrected chi connectivity index (χ3v) is 9.43. The Morgan fingerprint density at radius 3 is 1.78 bits per heavy atom. The SMILES string of the molecule is c1ccc(-c2nc(-c3ccccc3)nc(-n3c4cc(-c5cccc6c5c5ccccc5n6-c5ccccc5)ccc4c4ncccc43)n2)cc1. The van der Waals surface area contributed by atoms with E-state index in [1.165, 1.54) is 16.3 Å². The Labute approximate surface area is 287 Å². The van der Waals surface area contributed by atoms with Crippen molar-refractivity contribution >= 4 is 43.7 Å². The first-order valence-corrected chi connectivity index (χ1v) is 16.7. The number of benzene rings is 6. The van der Waals surface area contributed by atoms with Crippen molar-refractivity contribution in [1.82, 2.24) is 29.1 Å². The first kappa shape index (κ1) is 28.1. The molecule has 0 spiro atoms. The second-order valence-electron chi connectivity index (χ2n) is 12.3. The summed E-state index contributed by atoms with van der Waals surface area (Å²) in [5, 5.41) is 3.46. The quantitative estimate of drug-likeness (QED) is 0.188. The number of aromatic nitrogens is 6. The highest BCUT2D eigenvalue weighted by molar-refractivity contribution is 6.16. The summed E-state index contributed by atoms with van der Waals surface area (Å²) in [5.74, 6) is 1.77. The van der Waals surface area contributed by atoms with E-state index >= 15 is 0 Å². The van der Waals surface area contributed by atoms with E-state index in [9.17, 15) is 0 Å². The van der Waals surface area contributed by atoms with Crippen molar-refractivity contribution in [3.63, 3.8) is 0 Å². The zero-order valence-electron chi connectivity index (χ0n) is 26.8. The van der Waals surface area contributed by atoms with Gasteiger partial charge in [0.2, 0.25) is 5.95 Å². The molecule has 0 bridgehead atoms. The lowest BCUT2D eigenvalue weighted by Gasteiger charge is -2.12. The van der Waals surface area contributed by atoms with E-state index in [-0.39, 0.29) is 0 Å². The van der Waals surface area contributed by atoms with Crippen LogP contribution in [0.2, 0.25) is 0 Å². The minimum Gasteiger partial charge on any atom is -0.309 e. The fraction of sp³-hybridized carbons (Fsp3) is 0. The van der Waals surface area contributed by atoms with Crippen LogP contribution in [-0.4, -0.2) is 29.1 Å². The molecule has 0 saturated carbocycles. The third kappa shape index (κ3) is 4.43. The van der Waals surface area contributed by atoms with Crippen LogP contribution < -0.4 is 0 Å². The summed E-state index contributed by atoms with van der Waals surface area (Å²) < 4.78 is 4.49. The molecule has 234 valence electrons. The van der Waals surface area contributed by atoms with Crippen LogP contribution in [0.15, 0.2) is 170 Å². The molecular weight excluding hydrogens is 613 g/mol. The summed E-state index contributed by atoms with van der Waals surface area (Å²) in [4.78, 5) is 20.0. The topological polar surface area (TPSA) is 61.4 Å². The molecular formula is C44H28N6. The summed E-state index contributed by atoms with van der Waals surface area (Å²) >= 11 is 0. The molecule has 0 N–H and O–H groups in total. The molecule has 4 aromatic heterocycles. The van der Waals surface area contributed by atoms with Crippen molar-refractivity contribution in [3.05, 3.63) is 170 Å². The molecule has 0 aliphatic carbocycles. The number of para-hydroxylation sites is 2. The highest BCUT2D eigenvalue weighted by atomic mass is 15.2. The maximum absolute atomic E-state index is 5.11. The van der Waals surface area contributed by atoms with Crippen molar-refractivity contribution in [1.29, 1.82) is 0 Å². The number of hydrogen-bond acceptors (Lipinski definition) is 4. The molecule has 0 aliphatic heterocycles. The molecule has 10 aromatic rings. The predicted molar refractivity (Wildman–Crippen MR) is 203 cm³/mol. The summed E-state index contributed by atoms with van der Waals surface area (Å²) in [6.07, 6.45) is 1.84. The van der Waals surface area contributed by atoms with Gasteiger partial charge in [-0.1, -0.05) is 115 Å². The summed E-state index contributed by atoms with van der Waals surface area (Å²) in [6, 6.07) is 56.7. The van der Waals surface area contributed by atoms with Crippen LogP contribution in [0.4, 0.5) is 0 Å². The summed E-state index contributed by atoms with van der Waals surface area (Å²) in [6.45, 7) is 0. The van der Waals surface area contributed by atoms with Crippen molar-refractivity contribution in [2.45, 2.75) is 0 Å². The Bertz CT molecular complexity index is 2800. The minimum absolute atomic E-state index is 0.543. The third-order valence-electron chi connectivity index (χ3n) is 9.43. The van der Waals surface area contributed by atoms with Crippen LogP contribution in [-0.2, 0) is 0 Å². The molecule has 6 heteroatoms. The van der Waals surface area contributed by atoms with Gasteiger partial charge in [-0.25, -0.2) is 4.98 Å². The molecule has 0 amide bonds. The van der Waals surface area contributed by atoms with Crippen LogP contribution >= 0.6 is 0 Å². The number of rotatable bonds is 5. The maximum atomic E-state index is 5.11. The van der Waals surface area contributed by atoms with Crippen LogP contribution in [0.5, 0.6) is 0 Å². The number of nitrogens with zero attached hydrogens (tertiary/aromatic N) is 6. The molecule has 0 radical (unpaired) electrons. The second-order valence-corrected chi connectivity index (χ2v) is 12.3. The van der Waals surface area contributed by atoms with Crippen LogP contribution in [0, 0.1) is 0 Å². The van der Waals surface area contributed by atoms with Gasteiger partial charge in [0.25, 0.3) is 0 Å². The molecule has 50 heavy (non-hydrogen) atoms. The van der Waals surface area contributed by atoms with E-state index in [1.807, 2.05) is 72.9 Å². The molecule has 4 heterocycles. The largest absolute Gasteiger partial charge is 0.309 e. The monoisotopic (exact) mass is 640 g/mol. The second kappa shape index (κ2) is 11.4. The lowest BCUT2D eigenvalue weighted by Crippen LogP contribution is -2.06. The van der Waals surface area contributed by atoms with Gasteiger partial charge in [-0.15, -0.1) is 0 Å². The molecule has 6 aromatic carbocycles. The lowest BCUT2D eigenvalue weighted by molar-refractivity contribution is 0.953. The van der Waals surface area contributed by atoms with E-state index in [0.717, 1.165) is 55.4 Å². The van der Waals surface area contributed by atoms with Gasteiger partial charge in [0.1, 0.15) is 0 Å². The molecule has 0 fully saturated rings. The maximum Gasteiger partial charge on any atom is 0.238 e. The van der Waals surface area contributed by atoms with Gasteiger partial charge in [0.05, 0.1) is 27.6 Å². The smallest absolute Gasteiger partial charge is 0.238 e. The van der Waals surface area contributed by atoms with Crippen molar-refractivity contribution in [2.24, 2.45) is 0 Å². The van der Waals surface area contributed by atoms with Gasteiger partial charge in [0, 0.05) is 39.2 Å². The molecule has 10 rings (SSSR count). The zero-order valence-corrected chi connectivity index (χ0v) is 26.8. The van der Waals surface area contributed by atoms with Crippen LogP contribution in [0.3, 0.4) is 0 Å². The van der Waals surface area contributed by atoms with E-state index in [1.54, 1.807) is 0 Å². The number of hydrogen-bond donors (Lipinski definition) is 0. The molecule has 6 nitrogen and oxygen atoms in total. The Morgan fingerprint density at radius 1 is 0.400 bits per heavy atom. The number of pyridine rings is 1.